The number of carboxylic acid groups (broad SMARTS) is 2. The van der Waals surface area contributed by atoms with Crippen molar-refractivity contribution in [2.75, 3.05) is 66.6 Å². The van der Waals surface area contributed by atoms with Crippen LogP contribution in [0.4, 0.5) is 0 Å². The summed E-state index contributed by atoms with van der Waals surface area (Å²) in [5.41, 5.74) is 14.2. The summed E-state index contributed by atoms with van der Waals surface area (Å²) in [6.45, 7) is 11.9. The SMILES string of the molecule is COc1ccccc1C(C)(N)N1CCNCC1.COc1ccccc1C(C)(N)N1CCNCC1.O=C(O)/C=C/C(=O)O. The summed E-state index contributed by atoms with van der Waals surface area (Å²) in [5, 5.41) is 22.3. The number of ether oxygens (including phenoxy) is 2. The van der Waals surface area contributed by atoms with E-state index in [-0.39, 0.29) is 0 Å². The number of nitrogens with zero attached hydrogens (tertiary/aromatic N) is 2. The first-order valence-electron chi connectivity index (χ1n) is 13.8. The maximum atomic E-state index is 9.55. The fourth-order valence-electron chi connectivity index (χ4n) is 4.87. The van der Waals surface area contributed by atoms with E-state index in [0.29, 0.717) is 12.2 Å². The third kappa shape index (κ3) is 10.1. The quantitative estimate of drug-likeness (QED) is 0.244. The highest BCUT2D eigenvalue weighted by Gasteiger charge is 2.33. The summed E-state index contributed by atoms with van der Waals surface area (Å²) in [6, 6.07) is 16.0. The van der Waals surface area contributed by atoms with Crippen molar-refractivity contribution in [2.24, 2.45) is 11.5 Å². The van der Waals surface area contributed by atoms with Gasteiger partial charge in [0.1, 0.15) is 11.5 Å². The largest absolute Gasteiger partial charge is 0.496 e. The van der Waals surface area contributed by atoms with Gasteiger partial charge in [0.25, 0.3) is 0 Å². The van der Waals surface area contributed by atoms with Gasteiger partial charge in [-0.2, -0.15) is 0 Å². The number of hydrogen-bond donors (Lipinski definition) is 6. The molecular formula is C30H46N6O6. The summed E-state index contributed by atoms with van der Waals surface area (Å²) in [7, 11) is 3.37. The van der Waals surface area contributed by atoms with Crippen LogP contribution in [0.1, 0.15) is 25.0 Å². The highest BCUT2D eigenvalue weighted by atomic mass is 16.5. The second-order valence-corrected chi connectivity index (χ2v) is 10.2. The summed E-state index contributed by atoms with van der Waals surface area (Å²) >= 11 is 0. The maximum Gasteiger partial charge on any atom is 0.328 e. The Morgan fingerprint density at radius 3 is 1.31 bits per heavy atom. The van der Waals surface area contributed by atoms with E-state index in [1.54, 1.807) is 14.2 Å². The molecule has 2 atom stereocenters. The molecule has 2 aliphatic heterocycles. The molecule has 0 spiro atoms. The molecule has 0 amide bonds. The fraction of sp³-hybridized carbons (Fsp3) is 0.467. The lowest BCUT2D eigenvalue weighted by atomic mass is 9.98. The number of aliphatic carboxylic acids is 2. The van der Waals surface area contributed by atoms with Gasteiger partial charge in [0.15, 0.2) is 0 Å². The van der Waals surface area contributed by atoms with Crippen LogP contribution in [0.2, 0.25) is 0 Å². The number of piperazine rings is 2. The van der Waals surface area contributed by atoms with Crippen molar-refractivity contribution < 1.29 is 29.3 Å². The smallest absolute Gasteiger partial charge is 0.328 e. The molecule has 0 bridgehead atoms. The molecule has 0 radical (unpaired) electrons. The van der Waals surface area contributed by atoms with Gasteiger partial charge in [-0.15, -0.1) is 0 Å². The zero-order valence-electron chi connectivity index (χ0n) is 25.0. The Bertz CT molecular complexity index is 1070. The molecule has 2 fully saturated rings. The lowest BCUT2D eigenvalue weighted by Crippen LogP contribution is -2.57. The van der Waals surface area contributed by atoms with Crippen molar-refractivity contribution in [1.29, 1.82) is 0 Å². The molecule has 8 N–H and O–H groups in total. The van der Waals surface area contributed by atoms with Crippen molar-refractivity contribution in [3.63, 3.8) is 0 Å². The van der Waals surface area contributed by atoms with Crippen molar-refractivity contribution in [3.8, 4) is 11.5 Å². The van der Waals surface area contributed by atoms with E-state index in [0.717, 1.165) is 75.0 Å². The summed E-state index contributed by atoms with van der Waals surface area (Å²) in [5.74, 6) is -0.799. The van der Waals surface area contributed by atoms with Crippen LogP contribution in [0.5, 0.6) is 11.5 Å². The lowest BCUT2D eigenvalue weighted by Gasteiger charge is -2.41. The Morgan fingerprint density at radius 1 is 0.714 bits per heavy atom. The molecule has 2 aromatic carbocycles. The van der Waals surface area contributed by atoms with Gasteiger partial charge in [-0.05, 0) is 26.0 Å². The van der Waals surface area contributed by atoms with E-state index in [4.69, 9.17) is 31.2 Å². The Balaban J connectivity index is 0.000000236. The van der Waals surface area contributed by atoms with Crippen LogP contribution in [-0.2, 0) is 20.9 Å². The third-order valence-electron chi connectivity index (χ3n) is 7.22. The molecule has 232 valence electrons. The van der Waals surface area contributed by atoms with Crippen LogP contribution in [-0.4, -0.2) is 98.5 Å². The summed E-state index contributed by atoms with van der Waals surface area (Å²) in [6.07, 6.45) is 1.12. The first kappa shape index (κ1) is 34.7. The average Bonchev–Trinajstić information content (AvgIpc) is 3.01. The number of rotatable bonds is 8. The molecule has 0 aliphatic carbocycles. The van der Waals surface area contributed by atoms with E-state index in [9.17, 15) is 9.59 Å². The highest BCUT2D eigenvalue weighted by Crippen LogP contribution is 2.31. The lowest BCUT2D eigenvalue weighted by molar-refractivity contribution is -0.134. The standard InChI is InChI=1S/2C13H21N3O.C4H4O4/c2*1-13(14,16-9-7-15-8-10-16)11-5-3-4-6-12(11)17-2;5-3(6)1-2-4(7)8/h2*3-6,15H,7-10,14H2,1-2H3;1-2H,(H,5,6)(H,7,8)/b;;2-1+. The minimum absolute atomic E-state index is 0.477. The molecule has 0 aromatic heterocycles. The van der Waals surface area contributed by atoms with E-state index < -0.39 is 23.3 Å². The zero-order valence-corrected chi connectivity index (χ0v) is 25.0. The van der Waals surface area contributed by atoms with Gasteiger partial charge in [0, 0.05) is 75.6 Å². The molecule has 2 aliphatic rings. The normalized spacial score (nSPS) is 18.7. The van der Waals surface area contributed by atoms with Gasteiger partial charge in [-0.25, -0.2) is 9.59 Å². The van der Waals surface area contributed by atoms with Crippen LogP contribution in [0.15, 0.2) is 60.7 Å². The van der Waals surface area contributed by atoms with Gasteiger partial charge < -0.3 is 41.8 Å². The average molecular weight is 587 g/mol. The minimum Gasteiger partial charge on any atom is -0.496 e. The van der Waals surface area contributed by atoms with Crippen molar-refractivity contribution in [3.05, 3.63) is 71.8 Å². The topological polar surface area (TPSA) is 176 Å². The number of benzene rings is 2. The van der Waals surface area contributed by atoms with E-state index in [1.807, 2.05) is 48.5 Å². The molecule has 4 rings (SSSR count). The Kier molecular flexibility index (Phi) is 13.9. The molecule has 42 heavy (non-hydrogen) atoms. The van der Waals surface area contributed by atoms with Crippen LogP contribution >= 0.6 is 0 Å². The number of carboxylic acids is 2. The second-order valence-electron chi connectivity index (χ2n) is 10.2. The molecular weight excluding hydrogens is 540 g/mol. The van der Waals surface area contributed by atoms with Gasteiger partial charge in [0.2, 0.25) is 0 Å². The first-order chi connectivity index (χ1) is 19.9. The number of para-hydroxylation sites is 2. The Morgan fingerprint density at radius 2 is 1.02 bits per heavy atom. The second kappa shape index (κ2) is 16.8. The molecule has 2 heterocycles. The monoisotopic (exact) mass is 586 g/mol. The molecule has 2 saturated heterocycles. The van der Waals surface area contributed by atoms with Gasteiger partial charge >= 0.3 is 11.9 Å². The highest BCUT2D eigenvalue weighted by molar-refractivity contribution is 5.89. The summed E-state index contributed by atoms with van der Waals surface area (Å²) in [4.78, 5) is 23.7. The maximum absolute atomic E-state index is 9.55. The van der Waals surface area contributed by atoms with E-state index >= 15 is 0 Å². The number of hydrogen-bond acceptors (Lipinski definition) is 10. The number of nitrogens with one attached hydrogen (secondary N) is 2. The van der Waals surface area contributed by atoms with Crippen molar-refractivity contribution in [2.45, 2.75) is 25.2 Å². The Labute approximate surface area is 248 Å². The van der Waals surface area contributed by atoms with Crippen LogP contribution in [0, 0.1) is 0 Å². The van der Waals surface area contributed by atoms with Gasteiger partial charge in [-0.1, -0.05) is 36.4 Å². The van der Waals surface area contributed by atoms with Crippen LogP contribution in [0.25, 0.3) is 0 Å². The predicted molar refractivity (Wildman–Crippen MR) is 162 cm³/mol. The van der Waals surface area contributed by atoms with Crippen LogP contribution < -0.4 is 31.6 Å². The molecule has 12 nitrogen and oxygen atoms in total. The molecule has 12 heteroatoms. The van der Waals surface area contributed by atoms with Gasteiger partial charge in [-0.3, -0.25) is 9.80 Å². The Hall–Kier alpha value is -3.52. The minimum atomic E-state index is -1.26. The third-order valence-corrected chi connectivity index (χ3v) is 7.22. The number of carbonyl (C=O) groups is 2. The van der Waals surface area contributed by atoms with Crippen molar-refractivity contribution >= 4 is 11.9 Å². The number of nitrogens with two attached hydrogens (primary N) is 2. The predicted octanol–water partition coefficient (Wildman–Crippen LogP) is 1.18. The molecule has 0 saturated carbocycles. The van der Waals surface area contributed by atoms with Gasteiger partial charge in [0.05, 0.1) is 25.5 Å². The fourth-order valence-corrected chi connectivity index (χ4v) is 4.87. The molecule has 2 unspecified atom stereocenters. The van der Waals surface area contributed by atoms with Crippen molar-refractivity contribution in [1.82, 2.24) is 20.4 Å². The zero-order chi connectivity index (χ0) is 31.2. The van der Waals surface area contributed by atoms with Crippen LogP contribution in [0.3, 0.4) is 0 Å². The molecule has 2 aromatic rings. The number of methoxy groups -OCH3 is 2. The summed E-state index contributed by atoms with van der Waals surface area (Å²) < 4.78 is 10.8. The van der Waals surface area contributed by atoms with E-state index in [1.165, 1.54) is 0 Å². The first-order valence-corrected chi connectivity index (χ1v) is 13.8. The van der Waals surface area contributed by atoms with E-state index in [2.05, 4.69) is 34.3 Å².